The highest BCUT2D eigenvalue weighted by molar-refractivity contribution is 5.87. The van der Waals surface area contributed by atoms with E-state index in [0.29, 0.717) is 0 Å². The third-order valence-corrected chi connectivity index (χ3v) is 1.74. The van der Waals surface area contributed by atoms with E-state index in [1.165, 1.54) is 24.3 Å². The number of aromatic carboxylic acids is 1. The van der Waals surface area contributed by atoms with Crippen molar-refractivity contribution in [3.63, 3.8) is 0 Å². The lowest BCUT2D eigenvalue weighted by Crippen LogP contribution is -2.13. The van der Waals surface area contributed by atoms with Crippen molar-refractivity contribution in [1.29, 1.82) is 0 Å². The van der Waals surface area contributed by atoms with E-state index in [4.69, 9.17) is 9.84 Å². The third kappa shape index (κ3) is 4.20. The molecule has 1 N–H and O–H groups in total. The molecular weight excluding hydrogens is 225 g/mol. The van der Waals surface area contributed by atoms with Crippen LogP contribution in [0, 0.1) is 0 Å². The van der Waals surface area contributed by atoms with Crippen molar-refractivity contribution in [3.05, 3.63) is 29.8 Å². The summed E-state index contributed by atoms with van der Waals surface area (Å²) in [4.78, 5) is 10.6. The number of hydrogen-bond donors (Lipinski definition) is 1. The summed E-state index contributed by atoms with van der Waals surface area (Å²) in [5, 5.41) is 8.63. The smallest absolute Gasteiger partial charge is 0.392 e. The summed E-state index contributed by atoms with van der Waals surface area (Å²) < 4.78 is 40.2. The van der Waals surface area contributed by atoms with Gasteiger partial charge in [0.2, 0.25) is 0 Å². The van der Waals surface area contributed by atoms with Crippen molar-refractivity contribution < 1.29 is 27.8 Å². The van der Waals surface area contributed by atoms with Crippen molar-refractivity contribution in [1.82, 2.24) is 0 Å². The van der Waals surface area contributed by atoms with Crippen LogP contribution in [0.5, 0.6) is 5.75 Å². The molecule has 1 rings (SSSR count). The summed E-state index contributed by atoms with van der Waals surface area (Å²) in [5.74, 6) is -1.04. The van der Waals surface area contributed by atoms with E-state index in [1.807, 2.05) is 0 Å². The van der Waals surface area contributed by atoms with E-state index in [2.05, 4.69) is 0 Å². The largest absolute Gasteiger partial charge is 0.493 e. The average molecular weight is 234 g/mol. The van der Waals surface area contributed by atoms with E-state index >= 15 is 0 Å². The molecule has 6 heteroatoms. The van der Waals surface area contributed by atoms with Gasteiger partial charge < -0.3 is 9.84 Å². The molecule has 0 spiro atoms. The van der Waals surface area contributed by atoms with Gasteiger partial charge in [-0.1, -0.05) is 6.07 Å². The van der Waals surface area contributed by atoms with Gasteiger partial charge in [-0.15, -0.1) is 0 Å². The van der Waals surface area contributed by atoms with Crippen molar-refractivity contribution in [2.24, 2.45) is 0 Å². The fourth-order valence-corrected chi connectivity index (χ4v) is 1.00. The maximum absolute atomic E-state index is 11.8. The molecule has 0 atom stereocenters. The molecule has 0 unspecified atom stereocenters. The first-order chi connectivity index (χ1) is 7.38. The Morgan fingerprint density at radius 2 is 2.06 bits per heavy atom. The molecule has 0 fully saturated rings. The molecule has 0 heterocycles. The van der Waals surface area contributed by atoms with Crippen LogP contribution >= 0.6 is 0 Å². The van der Waals surface area contributed by atoms with Gasteiger partial charge in [0, 0.05) is 0 Å². The lowest BCUT2D eigenvalue weighted by molar-refractivity contribution is -0.139. The minimum atomic E-state index is -4.27. The van der Waals surface area contributed by atoms with Crippen LogP contribution in [-0.2, 0) is 0 Å². The average Bonchev–Trinajstić information content (AvgIpc) is 2.16. The molecule has 16 heavy (non-hydrogen) atoms. The Bertz CT molecular complexity index is 374. The van der Waals surface area contributed by atoms with Crippen molar-refractivity contribution >= 4 is 5.97 Å². The summed E-state index contributed by atoms with van der Waals surface area (Å²) in [6, 6.07) is 5.33. The number of benzene rings is 1. The Kier molecular flexibility index (Phi) is 3.76. The number of halogens is 3. The first kappa shape index (κ1) is 12.4. The second kappa shape index (κ2) is 4.87. The second-order valence-corrected chi connectivity index (χ2v) is 3.05. The Hall–Kier alpha value is -1.72. The summed E-state index contributed by atoms with van der Waals surface area (Å²) in [7, 11) is 0. The predicted octanol–water partition coefficient (Wildman–Crippen LogP) is 2.72. The molecule has 0 aliphatic rings. The van der Waals surface area contributed by atoms with Crippen molar-refractivity contribution in [2.75, 3.05) is 6.61 Å². The van der Waals surface area contributed by atoms with Gasteiger partial charge in [0.25, 0.3) is 0 Å². The zero-order valence-electron chi connectivity index (χ0n) is 8.12. The Labute approximate surface area is 89.5 Å². The topological polar surface area (TPSA) is 46.5 Å². The van der Waals surface area contributed by atoms with Crippen molar-refractivity contribution in [2.45, 2.75) is 12.6 Å². The lowest BCUT2D eigenvalue weighted by atomic mass is 10.2. The van der Waals surface area contributed by atoms with E-state index in [-0.39, 0.29) is 11.3 Å². The Morgan fingerprint density at radius 3 is 2.62 bits per heavy atom. The summed E-state index contributed by atoms with van der Waals surface area (Å²) in [6.07, 6.45) is -5.34. The molecule has 0 amide bonds. The lowest BCUT2D eigenvalue weighted by Gasteiger charge is -2.08. The standard InChI is InChI=1S/C10H9F3O3/c11-10(12,13)4-5-16-8-3-1-2-7(6-8)9(14)15/h1-3,6H,4-5H2,(H,14,15). The highest BCUT2D eigenvalue weighted by Gasteiger charge is 2.26. The van der Waals surface area contributed by atoms with Crippen LogP contribution in [0.1, 0.15) is 16.8 Å². The maximum Gasteiger partial charge on any atom is 0.392 e. The minimum absolute atomic E-state index is 0.0236. The number of rotatable bonds is 4. The molecule has 0 aliphatic heterocycles. The molecule has 0 aliphatic carbocycles. The maximum atomic E-state index is 11.8. The first-order valence-corrected chi connectivity index (χ1v) is 4.41. The van der Waals surface area contributed by atoms with Crippen LogP contribution in [0.15, 0.2) is 24.3 Å². The Balaban J connectivity index is 2.55. The van der Waals surface area contributed by atoms with Crippen LogP contribution in [0.4, 0.5) is 13.2 Å². The van der Waals surface area contributed by atoms with Crippen LogP contribution in [0.2, 0.25) is 0 Å². The van der Waals surface area contributed by atoms with Gasteiger partial charge in [-0.2, -0.15) is 13.2 Å². The second-order valence-electron chi connectivity index (χ2n) is 3.05. The van der Waals surface area contributed by atoms with Crippen LogP contribution < -0.4 is 4.74 Å². The van der Waals surface area contributed by atoms with Gasteiger partial charge in [0.05, 0.1) is 18.6 Å². The van der Waals surface area contributed by atoms with E-state index in [1.54, 1.807) is 0 Å². The monoisotopic (exact) mass is 234 g/mol. The number of carboxylic acid groups (broad SMARTS) is 1. The summed E-state index contributed by atoms with van der Waals surface area (Å²) in [6.45, 7) is -0.521. The van der Waals surface area contributed by atoms with Crippen molar-refractivity contribution in [3.8, 4) is 5.75 Å². The SMILES string of the molecule is O=C(O)c1cccc(OCCC(F)(F)F)c1. The van der Waals surface area contributed by atoms with Gasteiger partial charge in [0.1, 0.15) is 5.75 Å². The van der Waals surface area contributed by atoms with E-state index in [0.717, 1.165) is 0 Å². The number of ether oxygens (including phenoxy) is 1. The fourth-order valence-electron chi connectivity index (χ4n) is 1.00. The van der Waals surface area contributed by atoms with Crippen LogP contribution in [0.25, 0.3) is 0 Å². The molecule has 1 aromatic carbocycles. The molecule has 0 saturated carbocycles. The predicted molar refractivity (Wildman–Crippen MR) is 49.6 cm³/mol. The minimum Gasteiger partial charge on any atom is -0.493 e. The molecule has 1 aromatic rings. The quantitative estimate of drug-likeness (QED) is 0.871. The van der Waals surface area contributed by atoms with Gasteiger partial charge in [-0.25, -0.2) is 4.79 Å². The zero-order valence-corrected chi connectivity index (χ0v) is 8.12. The summed E-state index contributed by atoms with van der Waals surface area (Å²) >= 11 is 0. The van der Waals surface area contributed by atoms with Gasteiger partial charge >= 0.3 is 12.1 Å². The van der Waals surface area contributed by atoms with E-state index in [9.17, 15) is 18.0 Å². The fraction of sp³-hybridized carbons (Fsp3) is 0.300. The molecule has 0 saturated heterocycles. The normalized spacial score (nSPS) is 11.2. The number of carbonyl (C=O) groups is 1. The van der Waals surface area contributed by atoms with Crippen LogP contribution in [-0.4, -0.2) is 23.9 Å². The third-order valence-electron chi connectivity index (χ3n) is 1.74. The van der Waals surface area contributed by atoms with Crippen LogP contribution in [0.3, 0.4) is 0 Å². The molecule has 0 aromatic heterocycles. The van der Waals surface area contributed by atoms with E-state index < -0.39 is 25.2 Å². The highest BCUT2D eigenvalue weighted by atomic mass is 19.4. The zero-order chi connectivity index (χ0) is 12.2. The highest BCUT2D eigenvalue weighted by Crippen LogP contribution is 2.20. The Morgan fingerprint density at radius 1 is 1.38 bits per heavy atom. The van der Waals surface area contributed by atoms with Gasteiger partial charge in [0.15, 0.2) is 0 Å². The summed E-state index contributed by atoms with van der Waals surface area (Å²) in [5.41, 5.74) is -0.0236. The number of alkyl halides is 3. The molecule has 3 nitrogen and oxygen atoms in total. The molecule has 88 valence electrons. The molecule has 0 bridgehead atoms. The molecule has 0 radical (unpaired) electrons. The first-order valence-electron chi connectivity index (χ1n) is 4.41. The van der Waals surface area contributed by atoms with Gasteiger partial charge in [-0.05, 0) is 18.2 Å². The number of hydrogen-bond acceptors (Lipinski definition) is 2. The molecular formula is C10H9F3O3. The van der Waals surface area contributed by atoms with Gasteiger partial charge in [-0.3, -0.25) is 0 Å². The number of carboxylic acids is 1.